The summed E-state index contributed by atoms with van der Waals surface area (Å²) in [5, 5.41) is 11.4. The summed E-state index contributed by atoms with van der Waals surface area (Å²) in [4.78, 5) is 7.81. The van der Waals surface area contributed by atoms with E-state index in [-0.39, 0.29) is 0 Å². The first kappa shape index (κ1) is 12.7. The van der Waals surface area contributed by atoms with Gasteiger partial charge >= 0.3 is 0 Å². The van der Waals surface area contributed by atoms with Gasteiger partial charge in [-0.25, -0.2) is 4.98 Å². The van der Waals surface area contributed by atoms with Crippen LogP contribution in [-0.4, -0.2) is 23.2 Å². The smallest absolute Gasteiger partial charge is 0.139 e. The Labute approximate surface area is 121 Å². The van der Waals surface area contributed by atoms with Gasteiger partial charge in [0.25, 0.3) is 0 Å². The Kier molecular flexibility index (Phi) is 3.16. The van der Waals surface area contributed by atoms with Gasteiger partial charge < -0.3 is 15.7 Å². The highest BCUT2D eigenvalue weighted by atomic mass is 35.5. The molecule has 5 heteroatoms. The van der Waals surface area contributed by atoms with Crippen molar-refractivity contribution in [3.8, 4) is 11.4 Å². The van der Waals surface area contributed by atoms with Gasteiger partial charge in [0.05, 0.1) is 11.0 Å². The molecule has 0 aliphatic carbocycles. The minimum atomic E-state index is 0.670. The lowest BCUT2D eigenvalue weighted by Gasteiger charge is -2.08. The highest BCUT2D eigenvalue weighted by molar-refractivity contribution is 6.31. The summed E-state index contributed by atoms with van der Waals surface area (Å²) in [7, 11) is 1.84. The summed E-state index contributed by atoms with van der Waals surface area (Å²) >= 11 is 5.99. The molecule has 1 heterocycles. The Morgan fingerprint density at radius 1 is 1.30 bits per heavy atom. The van der Waals surface area contributed by atoms with Crippen LogP contribution in [0, 0.1) is 5.41 Å². The van der Waals surface area contributed by atoms with E-state index in [9.17, 15) is 0 Å². The van der Waals surface area contributed by atoms with Crippen molar-refractivity contribution in [2.45, 2.75) is 0 Å². The van der Waals surface area contributed by atoms with Gasteiger partial charge in [-0.1, -0.05) is 23.7 Å². The molecule has 3 N–H and O–H groups in total. The average Bonchev–Trinajstić information content (AvgIpc) is 2.88. The Morgan fingerprint density at radius 3 is 2.90 bits per heavy atom. The molecular formula is C15H13ClN4. The first-order chi connectivity index (χ1) is 9.72. The molecule has 0 unspecified atom stereocenters. The lowest BCUT2D eigenvalue weighted by molar-refractivity contribution is 1.33. The standard InChI is InChI=1S/C15H13ClN4/c1-18-12-4-2-3-10(11(12)8-17)15-19-13-6-5-9(16)7-14(13)20-15/h2-8,17-18H,1H3,(H,19,20). The Hall–Kier alpha value is -2.33. The summed E-state index contributed by atoms with van der Waals surface area (Å²) in [6.07, 6.45) is 1.33. The van der Waals surface area contributed by atoms with Crippen molar-refractivity contribution in [3.05, 3.63) is 47.0 Å². The molecule has 0 atom stereocenters. The van der Waals surface area contributed by atoms with E-state index >= 15 is 0 Å². The zero-order chi connectivity index (χ0) is 14.1. The van der Waals surface area contributed by atoms with Crippen LogP contribution in [0.15, 0.2) is 36.4 Å². The largest absolute Gasteiger partial charge is 0.388 e. The minimum Gasteiger partial charge on any atom is -0.388 e. The average molecular weight is 285 g/mol. The van der Waals surface area contributed by atoms with E-state index in [1.807, 2.05) is 43.4 Å². The number of nitrogens with one attached hydrogen (secondary N) is 3. The van der Waals surface area contributed by atoms with E-state index in [1.54, 1.807) is 0 Å². The number of aromatic amines is 1. The molecule has 0 saturated heterocycles. The third-order valence-corrected chi connectivity index (χ3v) is 3.45. The second kappa shape index (κ2) is 4.98. The molecule has 1 aromatic heterocycles. The molecular weight excluding hydrogens is 272 g/mol. The first-order valence-corrected chi connectivity index (χ1v) is 6.57. The number of imidazole rings is 1. The third-order valence-electron chi connectivity index (χ3n) is 3.22. The molecule has 4 nitrogen and oxygen atoms in total. The van der Waals surface area contributed by atoms with Gasteiger partial charge in [-0.05, 0) is 24.3 Å². The zero-order valence-corrected chi connectivity index (χ0v) is 11.6. The molecule has 0 bridgehead atoms. The number of hydrogen-bond acceptors (Lipinski definition) is 3. The first-order valence-electron chi connectivity index (χ1n) is 6.20. The second-order valence-corrected chi connectivity index (χ2v) is 4.84. The molecule has 0 amide bonds. The number of H-pyrrole nitrogens is 1. The maximum atomic E-state index is 7.62. The van der Waals surface area contributed by atoms with Gasteiger partial charge in [0.1, 0.15) is 5.82 Å². The van der Waals surface area contributed by atoms with E-state index in [0.29, 0.717) is 5.02 Å². The molecule has 2 aromatic carbocycles. The van der Waals surface area contributed by atoms with Crippen LogP contribution in [-0.2, 0) is 0 Å². The highest BCUT2D eigenvalue weighted by Crippen LogP contribution is 2.28. The summed E-state index contributed by atoms with van der Waals surface area (Å²) in [6.45, 7) is 0. The van der Waals surface area contributed by atoms with Crippen LogP contribution < -0.4 is 5.32 Å². The lowest BCUT2D eigenvalue weighted by atomic mass is 10.1. The van der Waals surface area contributed by atoms with E-state index in [2.05, 4.69) is 15.3 Å². The summed E-state index contributed by atoms with van der Waals surface area (Å²) in [5.41, 5.74) is 4.34. The Balaban J connectivity index is 2.22. The van der Waals surface area contributed by atoms with Crippen molar-refractivity contribution in [1.29, 1.82) is 5.41 Å². The number of rotatable bonds is 3. The van der Waals surface area contributed by atoms with Gasteiger partial charge in [-0.2, -0.15) is 0 Å². The number of benzene rings is 2. The minimum absolute atomic E-state index is 0.670. The fourth-order valence-electron chi connectivity index (χ4n) is 2.25. The van der Waals surface area contributed by atoms with Crippen LogP contribution >= 0.6 is 11.6 Å². The predicted octanol–water partition coefficient (Wildman–Crippen LogP) is 3.92. The highest BCUT2D eigenvalue weighted by Gasteiger charge is 2.11. The predicted molar refractivity (Wildman–Crippen MR) is 84.0 cm³/mol. The molecule has 0 radical (unpaired) electrons. The molecule has 0 spiro atoms. The van der Waals surface area contributed by atoms with Crippen molar-refractivity contribution in [2.75, 3.05) is 12.4 Å². The summed E-state index contributed by atoms with van der Waals surface area (Å²) in [5.74, 6) is 0.734. The topological polar surface area (TPSA) is 64.6 Å². The normalized spacial score (nSPS) is 10.7. The molecule has 3 rings (SSSR count). The van der Waals surface area contributed by atoms with E-state index in [1.165, 1.54) is 6.21 Å². The number of anilines is 1. The van der Waals surface area contributed by atoms with Crippen LogP contribution in [0.1, 0.15) is 5.56 Å². The van der Waals surface area contributed by atoms with Crippen molar-refractivity contribution < 1.29 is 0 Å². The third kappa shape index (κ3) is 2.04. The van der Waals surface area contributed by atoms with Crippen LogP contribution in [0.4, 0.5) is 5.69 Å². The number of hydrogen-bond donors (Lipinski definition) is 3. The molecule has 0 aliphatic rings. The van der Waals surface area contributed by atoms with Crippen LogP contribution in [0.5, 0.6) is 0 Å². The van der Waals surface area contributed by atoms with E-state index < -0.39 is 0 Å². The SMILES string of the molecule is CNc1cccc(-c2nc3ccc(Cl)cc3[nH]2)c1C=N. The zero-order valence-electron chi connectivity index (χ0n) is 10.9. The molecule has 0 saturated carbocycles. The number of fused-ring (bicyclic) bond motifs is 1. The maximum absolute atomic E-state index is 7.62. The van der Waals surface area contributed by atoms with Crippen molar-refractivity contribution in [2.24, 2.45) is 0 Å². The molecule has 3 aromatic rings. The number of halogens is 1. The molecule has 0 aliphatic heterocycles. The van der Waals surface area contributed by atoms with Gasteiger partial charge in [0, 0.05) is 35.1 Å². The molecule has 100 valence electrons. The van der Waals surface area contributed by atoms with Crippen molar-refractivity contribution in [1.82, 2.24) is 9.97 Å². The quantitative estimate of drug-likeness (QED) is 0.638. The van der Waals surface area contributed by atoms with Crippen LogP contribution in [0.3, 0.4) is 0 Å². The summed E-state index contributed by atoms with van der Waals surface area (Å²) < 4.78 is 0. The maximum Gasteiger partial charge on any atom is 0.139 e. The van der Waals surface area contributed by atoms with E-state index in [0.717, 1.165) is 33.7 Å². The molecule has 20 heavy (non-hydrogen) atoms. The fourth-order valence-corrected chi connectivity index (χ4v) is 2.43. The van der Waals surface area contributed by atoms with Gasteiger partial charge in [0.2, 0.25) is 0 Å². The molecule has 0 fully saturated rings. The van der Waals surface area contributed by atoms with Gasteiger partial charge in [-0.3, -0.25) is 0 Å². The lowest BCUT2D eigenvalue weighted by Crippen LogP contribution is -1.97. The van der Waals surface area contributed by atoms with Crippen molar-refractivity contribution >= 4 is 34.5 Å². The number of aromatic nitrogens is 2. The Morgan fingerprint density at radius 2 is 2.15 bits per heavy atom. The number of nitrogens with zero attached hydrogens (tertiary/aromatic N) is 1. The van der Waals surface area contributed by atoms with Crippen molar-refractivity contribution in [3.63, 3.8) is 0 Å². The van der Waals surface area contributed by atoms with E-state index in [4.69, 9.17) is 17.0 Å². The second-order valence-electron chi connectivity index (χ2n) is 4.41. The fraction of sp³-hybridized carbons (Fsp3) is 0.0667. The van der Waals surface area contributed by atoms with Crippen LogP contribution in [0.25, 0.3) is 22.4 Å². The van der Waals surface area contributed by atoms with Gasteiger partial charge in [-0.15, -0.1) is 0 Å². The summed E-state index contributed by atoms with van der Waals surface area (Å²) in [6, 6.07) is 11.4. The van der Waals surface area contributed by atoms with Crippen LogP contribution in [0.2, 0.25) is 5.02 Å². The Bertz CT molecular complexity index is 792. The monoisotopic (exact) mass is 284 g/mol. The van der Waals surface area contributed by atoms with Gasteiger partial charge in [0.15, 0.2) is 0 Å².